The first-order chi connectivity index (χ1) is 20.7. The number of aliphatic hydroxyl groups excluding tert-OH is 5. The van der Waals surface area contributed by atoms with Crippen LogP contribution in [0.15, 0.2) is 0 Å². The summed E-state index contributed by atoms with van der Waals surface area (Å²) in [7, 11) is 0. The smallest absolute Gasteiger partial charge is 0.186 e. The summed E-state index contributed by atoms with van der Waals surface area (Å²) in [5, 5.41) is 65.8. The molecule has 16 atom stereocenters. The van der Waals surface area contributed by atoms with Gasteiger partial charge in [0.15, 0.2) is 6.29 Å². The van der Waals surface area contributed by atoms with Gasteiger partial charge in [-0.1, -0.05) is 27.7 Å². The third-order valence-electron chi connectivity index (χ3n) is 16.0. The molecule has 0 aromatic carbocycles. The Kier molecular flexibility index (Phi) is 7.09. The van der Waals surface area contributed by atoms with E-state index in [0.29, 0.717) is 25.7 Å². The first-order valence-corrected chi connectivity index (χ1v) is 17.5. The Bertz CT molecular complexity index is 1210. The molecule has 45 heavy (non-hydrogen) atoms. The SMILES string of the molecule is CC(C)(O)C1CC[C@@](C)([C@@]2(N)C(O)C[C@@]3(C)[C@@H]4C[C@H](O)[C@H]5C(C)(C)[C@@H](O[C@@H]6OC[C@@H](O)[C@H](O)[C@H]6O)CC[C@@]56C[C@@]46CC[C@]23C)O1. The zero-order chi connectivity index (χ0) is 33.0. The van der Waals surface area contributed by atoms with Crippen molar-refractivity contribution < 1.29 is 44.8 Å². The van der Waals surface area contributed by atoms with Crippen LogP contribution in [0.25, 0.3) is 0 Å². The summed E-state index contributed by atoms with van der Waals surface area (Å²) in [5.41, 5.74) is 3.56. The molecular weight excluding hydrogens is 578 g/mol. The van der Waals surface area contributed by atoms with Gasteiger partial charge in [0.25, 0.3) is 0 Å². The summed E-state index contributed by atoms with van der Waals surface area (Å²) in [5.74, 6) is 0.181. The molecule has 0 aromatic heterocycles. The fourth-order valence-electron chi connectivity index (χ4n) is 13.4. The predicted molar refractivity (Wildman–Crippen MR) is 165 cm³/mol. The van der Waals surface area contributed by atoms with Crippen molar-refractivity contribution in [1.82, 2.24) is 0 Å². The van der Waals surface area contributed by atoms with Gasteiger partial charge in [0, 0.05) is 0 Å². The van der Waals surface area contributed by atoms with Crippen LogP contribution < -0.4 is 5.73 Å². The molecule has 258 valence electrons. The molecule has 5 aliphatic carbocycles. The van der Waals surface area contributed by atoms with E-state index in [4.69, 9.17) is 19.9 Å². The van der Waals surface area contributed by atoms with E-state index < -0.39 is 64.4 Å². The van der Waals surface area contributed by atoms with E-state index in [9.17, 15) is 30.6 Å². The largest absolute Gasteiger partial charge is 0.393 e. The first kappa shape index (κ1) is 33.1. The van der Waals surface area contributed by atoms with Gasteiger partial charge in [-0.25, -0.2) is 0 Å². The summed E-state index contributed by atoms with van der Waals surface area (Å²) < 4.78 is 18.7. The van der Waals surface area contributed by atoms with Gasteiger partial charge in [-0.15, -0.1) is 0 Å². The van der Waals surface area contributed by atoms with Gasteiger partial charge in [0.05, 0.1) is 47.8 Å². The lowest BCUT2D eigenvalue weighted by atomic mass is 9.40. The lowest BCUT2D eigenvalue weighted by Gasteiger charge is -2.66. The normalized spacial score (nSPS) is 60.4. The maximum absolute atomic E-state index is 12.2. The molecule has 2 aliphatic heterocycles. The second-order valence-electron chi connectivity index (χ2n) is 18.4. The fourth-order valence-corrected chi connectivity index (χ4v) is 13.4. The van der Waals surface area contributed by atoms with E-state index in [1.54, 1.807) is 13.8 Å². The Labute approximate surface area is 268 Å². The van der Waals surface area contributed by atoms with E-state index in [0.717, 1.165) is 32.1 Å². The lowest BCUT2D eigenvalue weighted by Crippen LogP contribution is -2.74. The lowest BCUT2D eigenvalue weighted by molar-refractivity contribution is -0.306. The third-order valence-corrected chi connectivity index (χ3v) is 16.0. The number of nitrogens with two attached hydrogens (primary N) is 1. The van der Waals surface area contributed by atoms with Gasteiger partial charge in [-0.3, -0.25) is 0 Å². The molecule has 7 rings (SSSR count). The number of rotatable bonds is 4. The summed E-state index contributed by atoms with van der Waals surface area (Å²) in [6.45, 7) is 14.4. The summed E-state index contributed by atoms with van der Waals surface area (Å²) >= 11 is 0. The van der Waals surface area contributed by atoms with Crippen LogP contribution in [-0.4, -0.2) is 103 Å². The molecule has 8 N–H and O–H groups in total. The monoisotopic (exact) mass is 637 g/mol. The third kappa shape index (κ3) is 3.87. The second-order valence-corrected chi connectivity index (χ2v) is 18.4. The van der Waals surface area contributed by atoms with Gasteiger partial charge in [-0.2, -0.15) is 0 Å². The minimum Gasteiger partial charge on any atom is -0.393 e. The van der Waals surface area contributed by atoms with Crippen molar-refractivity contribution >= 4 is 0 Å². The van der Waals surface area contributed by atoms with Gasteiger partial charge >= 0.3 is 0 Å². The van der Waals surface area contributed by atoms with Gasteiger partial charge in [0.2, 0.25) is 0 Å². The van der Waals surface area contributed by atoms with Gasteiger partial charge in [-0.05, 0) is 117 Å². The number of hydrogen-bond donors (Lipinski definition) is 7. The molecule has 7 fully saturated rings. The van der Waals surface area contributed by atoms with E-state index in [2.05, 4.69) is 27.7 Å². The van der Waals surface area contributed by atoms with Crippen LogP contribution in [-0.2, 0) is 14.2 Å². The van der Waals surface area contributed by atoms with E-state index in [1.807, 2.05) is 6.92 Å². The average Bonchev–Trinajstić information content (AvgIpc) is 3.32. The van der Waals surface area contributed by atoms with Crippen molar-refractivity contribution in [3.63, 3.8) is 0 Å². The van der Waals surface area contributed by atoms with Crippen molar-refractivity contribution in [3.05, 3.63) is 0 Å². The number of aliphatic hydroxyl groups is 6. The highest BCUT2D eigenvalue weighted by molar-refractivity contribution is 5.36. The van der Waals surface area contributed by atoms with Crippen LogP contribution in [0.4, 0.5) is 0 Å². The molecule has 5 saturated carbocycles. The zero-order valence-electron chi connectivity index (χ0n) is 28.3. The molecule has 2 spiro atoms. The highest BCUT2D eigenvalue weighted by Crippen LogP contribution is 2.89. The van der Waals surface area contributed by atoms with Crippen LogP contribution in [0, 0.1) is 38.9 Å². The standard InChI is InChI=1S/C35H59NO9/c1-28(2)22(44-27-25(41)24(40)19(38)16-43-27)9-11-34-17-33(34)13-12-31(6)30(5,20(33)14-18(37)26(28)34)15-21(39)35(31,36)32(7)10-8-23(45-32)29(3,4)42/h18-27,37-42H,8-17,36H2,1-7H3/t18-,19+,20-,21?,22-,23?,24-,25+,26-,27-,30-,31-,32-,33-,34+,35+/m0/s1. The Morgan fingerprint density at radius 2 is 1.53 bits per heavy atom. The van der Waals surface area contributed by atoms with Crippen molar-refractivity contribution in [1.29, 1.82) is 0 Å². The van der Waals surface area contributed by atoms with E-state index >= 15 is 0 Å². The molecule has 0 aromatic rings. The first-order valence-electron chi connectivity index (χ1n) is 17.5. The highest BCUT2D eigenvalue weighted by Gasteiger charge is 2.86. The Morgan fingerprint density at radius 1 is 0.844 bits per heavy atom. The van der Waals surface area contributed by atoms with Gasteiger partial charge in [0.1, 0.15) is 18.3 Å². The Morgan fingerprint density at radius 3 is 2.18 bits per heavy atom. The summed E-state index contributed by atoms with van der Waals surface area (Å²) in [6.07, 6.45) is 0.246. The molecule has 2 saturated heterocycles. The maximum atomic E-state index is 12.2. The molecule has 10 nitrogen and oxygen atoms in total. The summed E-state index contributed by atoms with van der Waals surface area (Å²) in [4.78, 5) is 0. The molecule has 2 unspecified atom stereocenters. The van der Waals surface area contributed by atoms with E-state index in [-0.39, 0.29) is 46.9 Å². The van der Waals surface area contributed by atoms with Crippen molar-refractivity contribution in [3.8, 4) is 0 Å². The Balaban J connectivity index is 1.18. The number of hydrogen-bond acceptors (Lipinski definition) is 10. The molecule has 2 heterocycles. The van der Waals surface area contributed by atoms with Crippen LogP contribution in [0.2, 0.25) is 0 Å². The molecule has 0 radical (unpaired) electrons. The molecular formula is C35H59NO9. The minimum absolute atomic E-state index is 0.0126. The molecule has 0 bridgehead atoms. The average molecular weight is 638 g/mol. The topological polar surface area (TPSA) is 175 Å². The Hall–Kier alpha value is -0.400. The predicted octanol–water partition coefficient (Wildman–Crippen LogP) is 1.98. The fraction of sp³-hybridized carbons (Fsp3) is 1.00. The van der Waals surface area contributed by atoms with Crippen molar-refractivity contribution in [2.24, 2.45) is 44.6 Å². The second kappa shape index (κ2) is 9.64. The van der Waals surface area contributed by atoms with Crippen LogP contribution in [0.3, 0.4) is 0 Å². The minimum atomic E-state index is -1.35. The van der Waals surface area contributed by atoms with E-state index in [1.165, 1.54) is 0 Å². The van der Waals surface area contributed by atoms with Crippen LogP contribution in [0.1, 0.15) is 106 Å². The van der Waals surface area contributed by atoms with Crippen molar-refractivity contribution in [2.75, 3.05) is 6.61 Å². The zero-order valence-corrected chi connectivity index (χ0v) is 28.3. The maximum Gasteiger partial charge on any atom is 0.186 e. The molecule has 7 aliphatic rings. The van der Waals surface area contributed by atoms with Gasteiger partial charge < -0.3 is 50.6 Å². The quantitative estimate of drug-likeness (QED) is 0.226. The number of fused-ring (bicyclic) bond motifs is 2. The number of ether oxygens (including phenoxy) is 3. The highest BCUT2D eigenvalue weighted by atomic mass is 16.7. The van der Waals surface area contributed by atoms with Crippen LogP contribution >= 0.6 is 0 Å². The van der Waals surface area contributed by atoms with Crippen molar-refractivity contribution in [2.45, 2.75) is 172 Å². The van der Waals surface area contributed by atoms with Crippen LogP contribution in [0.5, 0.6) is 0 Å². The molecule has 0 amide bonds. The molecule has 10 heteroatoms. The summed E-state index contributed by atoms with van der Waals surface area (Å²) in [6, 6.07) is 0.